The molecule has 4 heteroatoms. The predicted molar refractivity (Wildman–Crippen MR) is 61.8 cm³/mol. The van der Waals surface area contributed by atoms with Crippen molar-refractivity contribution in [1.82, 2.24) is 5.32 Å². The van der Waals surface area contributed by atoms with Crippen molar-refractivity contribution in [2.24, 2.45) is 5.73 Å². The number of hydrogen-bond acceptors (Lipinski definition) is 3. The molecule has 3 N–H and O–H groups in total. The van der Waals surface area contributed by atoms with E-state index in [0.717, 1.165) is 12.8 Å². The van der Waals surface area contributed by atoms with Gasteiger partial charge in [-0.3, -0.25) is 4.79 Å². The Kier molecular flexibility index (Phi) is 2.56. The van der Waals surface area contributed by atoms with E-state index >= 15 is 0 Å². The summed E-state index contributed by atoms with van der Waals surface area (Å²) in [7, 11) is 0. The summed E-state index contributed by atoms with van der Waals surface area (Å²) in [6.07, 6.45) is 1.63. The Bertz CT molecular complexity index is 382. The van der Waals surface area contributed by atoms with E-state index in [-0.39, 0.29) is 11.9 Å². The molecule has 1 amide bonds. The van der Waals surface area contributed by atoms with Gasteiger partial charge in [-0.1, -0.05) is 0 Å². The number of carbonyl (C=O) groups is 1. The molecule has 0 aliphatic heterocycles. The second-order valence-corrected chi connectivity index (χ2v) is 5.62. The molecule has 1 saturated carbocycles. The van der Waals surface area contributed by atoms with Crippen LogP contribution < -0.4 is 11.1 Å². The molecule has 3 nitrogen and oxygen atoms in total. The predicted octanol–water partition coefficient (Wildman–Crippen LogP) is 1.73. The van der Waals surface area contributed by atoms with Crippen LogP contribution in [0.1, 0.15) is 35.6 Å². The van der Waals surface area contributed by atoms with Crippen molar-refractivity contribution >= 4 is 17.2 Å². The Hall–Kier alpha value is -0.870. The average molecular weight is 224 g/mol. The van der Waals surface area contributed by atoms with Crippen molar-refractivity contribution < 1.29 is 4.79 Å². The summed E-state index contributed by atoms with van der Waals surface area (Å²) < 4.78 is 0. The lowest BCUT2D eigenvalue weighted by atomic mass is 10.2. The monoisotopic (exact) mass is 224 g/mol. The lowest BCUT2D eigenvalue weighted by Crippen LogP contribution is -2.43. The molecule has 1 atom stereocenters. The number of rotatable bonds is 3. The van der Waals surface area contributed by atoms with Crippen LogP contribution in [0.2, 0.25) is 0 Å². The maximum absolute atomic E-state index is 11.7. The highest BCUT2D eigenvalue weighted by atomic mass is 32.1. The first-order valence-corrected chi connectivity index (χ1v) is 5.99. The summed E-state index contributed by atoms with van der Waals surface area (Å²) in [5, 5.41) is 2.96. The highest BCUT2D eigenvalue weighted by Gasteiger charge is 2.46. The van der Waals surface area contributed by atoms with Crippen LogP contribution in [0.4, 0.5) is 0 Å². The first-order valence-electron chi connectivity index (χ1n) is 5.17. The van der Waals surface area contributed by atoms with Crippen LogP contribution in [0, 0.1) is 6.92 Å². The molecule has 0 aromatic carbocycles. The molecule has 82 valence electrons. The van der Waals surface area contributed by atoms with Gasteiger partial charge in [-0.05, 0) is 38.8 Å². The lowest BCUT2D eigenvalue weighted by molar-refractivity contribution is -0.123. The summed E-state index contributed by atoms with van der Waals surface area (Å²) in [6, 6.07) is 4.19. The van der Waals surface area contributed by atoms with E-state index in [2.05, 4.69) is 24.4 Å². The summed E-state index contributed by atoms with van der Waals surface area (Å²) in [6.45, 7) is 4.06. The SMILES string of the molecule is Cc1ccc(C(C)NC(=O)C2(N)CC2)s1. The molecule has 0 spiro atoms. The molecule has 1 aliphatic rings. The fraction of sp³-hybridized carbons (Fsp3) is 0.545. The Morgan fingerprint density at radius 1 is 1.60 bits per heavy atom. The summed E-state index contributed by atoms with van der Waals surface area (Å²) in [5.41, 5.74) is 5.24. The van der Waals surface area contributed by atoms with Crippen LogP contribution in [-0.2, 0) is 4.79 Å². The number of thiophene rings is 1. The number of nitrogens with two attached hydrogens (primary N) is 1. The molecular weight excluding hydrogens is 208 g/mol. The van der Waals surface area contributed by atoms with Crippen LogP contribution in [0.5, 0.6) is 0 Å². The van der Waals surface area contributed by atoms with Crippen LogP contribution >= 0.6 is 11.3 Å². The van der Waals surface area contributed by atoms with Gasteiger partial charge < -0.3 is 11.1 Å². The maximum Gasteiger partial charge on any atom is 0.240 e. The molecule has 1 fully saturated rings. The minimum atomic E-state index is -0.569. The molecule has 0 radical (unpaired) electrons. The molecule has 1 aliphatic carbocycles. The van der Waals surface area contributed by atoms with Crippen molar-refractivity contribution in [3.8, 4) is 0 Å². The smallest absolute Gasteiger partial charge is 0.240 e. The van der Waals surface area contributed by atoms with Crippen LogP contribution in [-0.4, -0.2) is 11.4 Å². The van der Waals surface area contributed by atoms with Gasteiger partial charge in [0.2, 0.25) is 5.91 Å². The lowest BCUT2D eigenvalue weighted by Gasteiger charge is -2.15. The first-order chi connectivity index (χ1) is 7.01. The highest BCUT2D eigenvalue weighted by Crippen LogP contribution is 2.33. The Balaban J connectivity index is 1.97. The minimum Gasteiger partial charge on any atom is -0.347 e. The zero-order chi connectivity index (χ0) is 11.1. The number of aryl methyl sites for hydroxylation is 1. The van der Waals surface area contributed by atoms with Gasteiger partial charge in [-0.2, -0.15) is 0 Å². The van der Waals surface area contributed by atoms with Crippen molar-refractivity contribution in [3.63, 3.8) is 0 Å². The third-order valence-electron chi connectivity index (χ3n) is 2.78. The standard InChI is InChI=1S/C11H16N2OS/c1-7-3-4-9(15-7)8(2)13-10(14)11(12)5-6-11/h3-4,8H,5-6,12H2,1-2H3,(H,13,14). The third-order valence-corrected chi connectivity index (χ3v) is 3.96. The number of amides is 1. The van der Waals surface area contributed by atoms with Gasteiger partial charge in [-0.25, -0.2) is 0 Å². The number of carbonyl (C=O) groups excluding carboxylic acids is 1. The van der Waals surface area contributed by atoms with Crippen LogP contribution in [0.25, 0.3) is 0 Å². The van der Waals surface area contributed by atoms with E-state index in [1.165, 1.54) is 9.75 Å². The summed E-state index contributed by atoms with van der Waals surface area (Å²) in [4.78, 5) is 14.1. The van der Waals surface area contributed by atoms with Gasteiger partial charge in [0.15, 0.2) is 0 Å². The fourth-order valence-electron chi connectivity index (χ4n) is 1.46. The minimum absolute atomic E-state index is 0.0129. The van der Waals surface area contributed by atoms with E-state index in [4.69, 9.17) is 5.73 Å². The van der Waals surface area contributed by atoms with Gasteiger partial charge in [-0.15, -0.1) is 11.3 Å². The van der Waals surface area contributed by atoms with Crippen molar-refractivity contribution in [1.29, 1.82) is 0 Å². The quantitative estimate of drug-likeness (QED) is 0.821. The first kappa shape index (κ1) is 10.6. The Morgan fingerprint density at radius 2 is 2.27 bits per heavy atom. The molecule has 1 heterocycles. The Morgan fingerprint density at radius 3 is 2.73 bits per heavy atom. The van der Waals surface area contributed by atoms with E-state index in [9.17, 15) is 4.79 Å². The van der Waals surface area contributed by atoms with E-state index in [0.29, 0.717) is 0 Å². The topological polar surface area (TPSA) is 55.1 Å². The highest BCUT2D eigenvalue weighted by molar-refractivity contribution is 7.12. The maximum atomic E-state index is 11.7. The third kappa shape index (κ3) is 2.21. The van der Waals surface area contributed by atoms with Gasteiger partial charge >= 0.3 is 0 Å². The van der Waals surface area contributed by atoms with Gasteiger partial charge in [0.05, 0.1) is 11.6 Å². The second kappa shape index (κ2) is 3.61. The Labute approximate surface area is 93.7 Å². The van der Waals surface area contributed by atoms with Gasteiger partial charge in [0.1, 0.15) is 0 Å². The number of hydrogen-bond donors (Lipinski definition) is 2. The van der Waals surface area contributed by atoms with Crippen molar-refractivity contribution in [2.45, 2.75) is 38.3 Å². The molecule has 0 bridgehead atoms. The largest absolute Gasteiger partial charge is 0.347 e. The normalized spacial score (nSPS) is 19.7. The number of nitrogens with one attached hydrogen (secondary N) is 1. The van der Waals surface area contributed by atoms with Gasteiger partial charge in [0.25, 0.3) is 0 Å². The van der Waals surface area contributed by atoms with Gasteiger partial charge in [0, 0.05) is 9.75 Å². The molecular formula is C11H16N2OS. The molecule has 0 saturated heterocycles. The van der Waals surface area contributed by atoms with Crippen LogP contribution in [0.3, 0.4) is 0 Å². The molecule has 2 rings (SSSR count). The fourth-order valence-corrected chi connectivity index (χ4v) is 2.34. The molecule has 15 heavy (non-hydrogen) atoms. The molecule has 1 unspecified atom stereocenters. The average Bonchev–Trinajstić information content (AvgIpc) is 2.77. The molecule has 1 aromatic heterocycles. The summed E-state index contributed by atoms with van der Waals surface area (Å²) in [5.74, 6) is -0.0129. The van der Waals surface area contributed by atoms with Crippen molar-refractivity contribution in [3.05, 3.63) is 21.9 Å². The van der Waals surface area contributed by atoms with Crippen LogP contribution in [0.15, 0.2) is 12.1 Å². The zero-order valence-electron chi connectivity index (χ0n) is 9.04. The van der Waals surface area contributed by atoms with E-state index in [1.54, 1.807) is 11.3 Å². The van der Waals surface area contributed by atoms with Crippen molar-refractivity contribution in [2.75, 3.05) is 0 Å². The second-order valence-electron chi connectivity index (χ2n) is 4.30. The van der Waals surface area contributed by atoms with E-state index in [1.807, 2.05) is 6.92 Å². The zero-order valence-corrected chi connectivity index (χ0v) is 9.86. The molecule has 1 aromatic rings. The summed E-state index contributed by atoms with van der Waals surface area (Å²) >= 11 is 1.71. The van der Waals surface area contributed by atoms with E-state index < -0.39 is 5.54 Å².